The van der Waals surface area contributed by atoms with E-state index in [-0.39, 0.29) is 18.1 Å². The Labute approximate surface area is 266 Å². The van der Waals surface area contributed by atoms with Crippen molar-refractivity contribution >= 4 is 40.8 Å². The molecule has 0 aliphatic carbocycles. The van der Waals surface area contributed by atoms with E-state index in [0.717, 1.165) is 50.9 Å². The van der Waals surface area contributed by atoms with Gasteiger partial charge in [0, 0.05) is 37.3 Å². The van der Waals surface area contributed by atoms with Crippen molar-refractivity contribution in [2.75, 3.05) is 20.3 Å². The van der Waals surface area contributed by atoms with Crippen molar-refractivity contribution < 1.29 is 28.3 Å². The fraction of sp³-hybridized carbons (Fsp3) is 0.500. The zero-order valence-electron chi connectivity index (χ0n) is 27.7. The maximum Gasteiger partial charge on any atom is 0.494 e. The van der Waals surface area contributed by atoms with Crippen LogP contribution in [0.1, 0.15) is 66.0 Å². The molecule has 45 heavy (non-hydrogen) atoms. The SMILES string of the molecule is COC[C@H]1CC(C2=Nc3ccc4cc5c(cc4c3C2)OCc2cc(B3OC(C)(C)C(C)(C)O3)ccc2-5)N(C(=O)OC(C)(C)C)C1. The zero-order chi connectivity index (χ0) is 31.9. The normalized spacial score (nSPS) is 23.0. The molecule has 0 radical (unpaired) electrons. The van der Waals surface area contributed by atoms with Crippen LogP contribution in [0.5, 0.6) is 5.75 Å². The Bertz CT molecular complexity index is 1710. The molecule has 236 valence electrons. The lowest BCUT2D eigenvalue weighted by Crippen LogP contribution is -2.43. The average Bonchev–Trinajstić information content (AvgIpc) is 3.64. The third-order valence-corrected chi connectivity index (χ3v) is 9.96. The van der Waals surface area contributed by atoms with Gasteiger partial charge in [-0.2, -0.15) is 0 Å². The molecule has 1 unspecified atom stereocenters. The van der Waals surface area contributed by atoms with Gasteiger partial charge in [-0.15, -0.1) is 0 Å². The molecule has 1 amide bonds. The van der Waals surface area contributed by atoms with Crippen LogP contribution in [0.3, 0.4) is 0 Å². The monoisotopic (exact) mass is 610 g/mol. The molecule has 0 saturated carbocycles. The molecule has 0 N–H and O–H groups in total. The molecule has 7 rings (SSSR count). The number of rotatable bonds is 4. The summed E-state index contributed by atoms with van der Waals surface area (Å²) in [6.45, 7) is 15.7. The summed E-state index contributed by atoms with van der Waals surface area (Å²) in [6, 6.07) is 14.9. The third kappa shape index (κ3) is 5.32. The van der Waals surface area contributed by atoms with E-state index < -0.39 is 23.9 Å². The van der Waals surface area contributed by atoms with Crippen molar-refractivity contribution in [1.29, 1.82) is 0 Å². The van der Waals surface area contributed by atoms with E-state index in [9.17, 15) is 4.79 Å². The first-order valence-corrected chi connectivity index (χ1v) is 16.0. The van der Waals surface area contributed by atoms with Crippen LogP contribution in [0.15, 0.2) is 47.5 Å². The van der Waals surface area contributed by atoms with Crippen LogP contribution in [0, 0.1) is 5.92 Å². The molecule has 0 aromatic heterocycles. The molecule has 2 saturated heterocycles. The molecule has 9 heteroatoms. The summed E-state index contributed by atoms with van der Waals surface area (Å²) in [5.74, 6) is 1.11. The maximum atomic E-state index is 13.3. The quantitative estimate of drug-likeness (QED) is 0.310. The van der Waals surface area contributed by atoms with Crippen LogP contribution in [-0.4, -0.2) is 66.9 Å². The van der Waals surface area contributed by atoms with Crippen molar-refractivity contribution in [3.63, 3.8) is 0 Å². The van der Waals surface area contributed by atoms with Gasteiger partial charge in [-0.3, -0.25) is 9.89 Å². The zero-order valence-corrected chi connectivity index (χ0v) is 27.7. The highest BCUT2D eigenvalue weighted by molar-refractivity contribution is 6.62. The van der Waals surface area contributed by atoms with E-state index in [1.165, 1.54) is 11.1 Å². The van der Waals surface area contributed by atoms with Crippen molar-refractivity contribution in [3.05, 3.63) is 53.6 Å². The number of carbonyl (C=O) groups excluding carboxylic acids is 1. The van der Waals surface area contributed by atoms with Crippen molar-refractivity contribution in [2.24, 2.45) is 10.9 Å². The molecule has 8 nitrogen and oxygen atoms in total. The molecule has 2 atom stereocenters. The van der Waals surface area contributed by atoms with Gasteiger partial charge in [0.1, 0.15) is 18.0 Å². The molecule has 4 aliphatic heterocycles. The van der Waals surface area contributed by atoms with Crippen molar-refractivity contribution in [1.82, 2.24) is 4.90 Å². The fourth-order valence-electron chi connectivity index (χ4n) is 6.99. The largest absolute Gasteiger partial charge is 0.494 e. The van der Waals surface area contributed by atoms with Crippen LogP contribution in [0.4, 0.5) is 10.5 Å². The summed E-state index contributed by atoms with van der Waals surface area (Å²) in [4.78, 5) is 20.2. The number of hydrogen-bond acceptors (Lipinski definition) is 7. The molecule has 4 heterocycles. The summed E-state index contributed by atoms with van der Waals surface area (Å²) in [6.07, 6.45) is 1.20. The third-order valence-electron chi connectivity index (χ3n) is 9.96. The minimum absolute atomic E-state index is 0.124. The summed E-state index contributed by atoms with van der Waals surface area (Å²) in [5.41, 5.74) is 6.15. The molecule has 3 aromatic carbocycles. The summed E-state index contributed by atoms with van der Waals surface area (Å²) < 4.78 is 30.2. The topological polar surface area (TPSA) is 78.8 Å². The molecule has 4 aliphatic rings. The van der Waals surface area contributed by atoms with Gasteiger partial charge in [0.25, 0.3) is 0 Å². The van der Waals surface area contributed by atoms with E-state index in [4.69, 9.17) is 28.5 Å². The predicted molar refractivity (Wildman–Crippen MR) is 177 cm³/mol. The highest BCUT2D eigenvalue weighted by atomic mass is 16.7. The van der Waals surface area contributed by atoms with E-state index in [1.807, 2.05) is 25.7 Å². The van der Waals surface area contributed by atoms with E-state index in [2.05, 4.69) is 70.2 Å². The number of amides is 1. The number of ether oxygens (including phenoxy) is 3. The lowest BCUT2D eigenvalue weighted by molar-refractivity contribution is 0.00578. The first kappa shape index (κ1) is 30.3. The number of nitrogens with zero attached hydrogens (tertiary/aromatic N) is 2. The van der Waals surface area contributed by atoms with Crippen LogP contribution in [0.25, 0.3) is 21.9 Å². The highest BCUT2D eigenvalue weighted by Gasteiger charge is 2.52. The van der Waals surface area contributed by atoms with E-state index in [1.54, 1.807) is 7.11 Å². The predicted octanol–water partition coefficient (Wildman–Crippen LogP) is 6.60. The van der Waals surface area contributed by atoms with Crippen molar-refractivity contribution in [3.8, 4) is 16.9 Å². The maximum absolute atomic E-state index is 13.3. The molecule has 0 spiro atoms. The fourth-order valence-corrected chi connectivity index (χ4v) is 6.99. The molecule has 2 fully saturated rings. The molecular formula is C36H43BN2O6. The number of fused-ring (bicyclic) bond motifs is 6. The second-order valence-corrected chi connectivity index (χ2v) is 14.9. The van der Waals surface area contributed by atoms with Gasteiger partial charge in [-0.05, 0) is 106 Å². The first-order valence-electron chi connectivity index (χ1n) is 16.0. The van der Waals surface area contributed by atoms with Gasteiger partial charge in [0.15, 0.2) is 0 Å². The van der Waals surface area contributed by atoms with E-state index >= 15 is 0 Å². The van der Waals surface area contributed by atoms with Gasteiger partial charge >= 0.3 is 13.2 Å². The second kappa shape index (κ2) is 10.6. The number of likely N-dealkylation sites (tertiary alicyclic amines) is 1. The summed E-state index contributed by atoms with van der Waals surface area (Å²) in [7, 11) is 1.30. The lowest BCUT2D eigenvalue weighted by Gasteiger charge is -2.32. The minimum atomic E-state index is -0.567. The van der Waals surface area contributed by atoms with Gasteiger partial charge in [0.2, 0.25) is 0 Å². The average molecular weight is 611 g/mol. The smallest absolute Gasteiger partial charge is 0.488 e. The lowest BCUT2D eigenvalue weighted by atomic mass is 9.77. The van der Waals surface area contributed by atoms with Crippen LogP contribution < -0.4 is 10.2 Å². The van der Waals surface area contributed by atoms with Crippen molar-refractivity contribution in [2.45, 2.75) is 90.8 Å². The first-order chi connectivity index (χ1) is 21.2. The standard InChI is InChI=1S/C36H43BN2O6/c1-34(2,3)43-33(40)39-18-21(19-41-8)13-31(39)30-16-27-26-17-32-28(15-22(26)9-12-29(27)38-30)25-11-10-24(14-23(25)20-42-32)37-44-35(4,5)36(6,7)45-37/h9-12,14-15,17,21,31H,13,16,18-20H2,1-8H3/t21-,31?/m0/s1. The number of methoxy groups -OCH3 is 1. The van der Waals surface area contributed by atoms with Crippen LogP contribution >= 0.6 is 0 Å². The highest BCUT2D eigenvalue weighted by Crippen LogP contribution is 2.44. The Morgan fingerprint density at radius 3 is 2.51 bits per heavy atom. The van der Waals surface area contributed by atoms with Gasteiger partial charge in [0.05, 0.1) is 29.5 Å². The summed E-state index contributed by atoms with van der Waals surface area (Å²) in [5, 5.41) is 2.28. The van der Waals surface area contributed by atoms with Gasteiger partial charge < -0.3 is 23.5 Å². The second-order valence-electron chi connectivity index (χ2n) is 14.9. The Morgan fingerprint density at radius 1 is 1.04 bits per heavy atom. The molecule has 0 bridgehead atoms. The summed E-state index contributed by atoms with van der Waals surface area (Å²) >= 11 is 0. The van der Waals surface area contributed by atoms with Gasteiger partial charge in [-0.1, -0.05) is 24.3 Å². The Kier molecular flexibility index (Phi) is 7.11. The van der Waals surface area contributed by atoms with Gasteiger partial charge in [-0.25, -0.2) is 4.79 Å². The Morgan fingerprint density at radius 2 is 1.80 bits per heavy atom. The van der Waals surface area contributed by atoms with Crippen LogP contribution in [-0.2, 0) is 31.8 Å². The van der Waals surface area contributed by atoms with Crippen LogP contribution in [0.2, 0.25) is 0 Å². The van der Waals surface area contributed by atoms with E-state index in [0.29, 0.717) is 26.2 Å². The molecule has 3 aromatic rings. The Hall–Kier alpha value is -3.40. The molecular weight excluding hydrogens is 567 g/mol. The number of carbonyl (C=O) groups is 1. The number of hydrogen-bond donors (Lipinski definition) is 0. The minimum Gasteiger partial charge on any atom is -0.488 e. The number of aliphatic imine (C=N–C) groups is 1. The Balaban J connectivity index is 1.16. The number of benzene rings is 3.